The first kappa shape index (κ1) is 9.03. The van der Waals surface area contributed by atoms with Gasteiger partial charge in [0.15, 0.2) is 0 Å². The van der Waals surface area contributed by atoms with E-state index in [0.29, 0.717) is 11.3 Å². The summed E-state index contributed by atoms with van der Waals surface area (Å²) in [5.74, 6) is 0. The normalized spacial score (nSPS) is 23.3. The van der Waals surface area contributed by atoms with Gasteiger partial charge < -0.3 is 9.88 Å². The van der Waals surface area contributed by atoms with E-state index in [4.69, 9.17) is 11.6 Å². The molecular weight excluding hydrogens is 186 g/mol. The van der Waals surface area contributed by atoms with Crippen molar-refractivity contribution in [1.82, 2.24) is 14.9 Å². The fourth-order valence-electron chi connectivity index (χ4n) is 1.76. The Hall–Kier alpha value is -0.540. The highest BCUT2D eigenvalue weighted by Crippen LogP contribution is 2.12. The van der Waals surface area contributed by atoms with Crippen LogP contribution >= 0.6 is 11.6 Å². The third-order valence-corrected chi connectivity index (χ3v) is 2.81. The Balaban J connectivity index is 1.93. The topological polar surface area (TPSA) is 29.9 Å². The van der Waals surface area contributed by atoms with Crippen LogP contribution < -0.4 is 5.32 Å². The molecule has 1 fully saturated rings. The molecule has 0 aliphatic carbocycles. The van der Waals surface area contributed by atoms with Gasteiger partial charge in [-0.05, 0) is 31.0 Å². The molecule has 0 aromatic carbocycles. The van der Waals surface area contributed by atoms with E-state index in [1.165, 1.54) is 19.3 Å². The maximum absolute atomic E-state index is 5.88. The van der Waals surface area contributed by atoms with E-state index in [0.717, 1.165) is 13.1 Å². The van der Waals surface area contributed by atoms with Gasteiger partial charge >= 0.3 is 0 Å². The zero-order valence-corrected chi connectivity index (χ0v) is 8.30. The third kappa shape index (κ3) is 2.23. The predicted octanol–water partition coefficient (Wildman–Crippen LogP) is 1.68. The summed E-state index contributed by atoms with van der Waals surface area (Å²) in [6.07, 6.45) is 7.54. The lowest BCUT2D eigenvalue weighted by molar-refractivity contribution is 0.363. The van der Waals surface area contributed by atoms with Crippen molar-refractivity contribution in [2.75, 3.05) is 6.54 Å². The van der Waals surface area contributed by atoms with E-state index in [9.17, 15) is 0 Å². The molecule has 1 aromatic heterocycles. The maximum atomic E-state index is 5.88. The minimum absolute atomic E-state index is 0.570. The second-order valence-electron chi connectivity index (χ2n) is 3.50. The minimum Gasteiger partial charge on any atom is -0.320 e. The number of nitrogens with zero attached hydrogens (tertiary/aromatic N) is 2. The molecule has 3 nitrogen and oxygen atoms in total. The van der Waals surface area contributed by atoms with Crippen LogP contribution in [0.5, 0.6) is 0 Å². The number of aromatic nitrogens is 2. The quantitative estimate of drug-likeness (QED) is 0.786. The first-order valence-corrected chi connectivity index (χ1v) is 5.14. The lowest BCUT2D eigenvalue weighted by Crippen LogP contribution is -2.37. The highest BCUT2D eigenvalue weighted by molar-refractivity contribution is 6.28. The van der Waals surface area contributed by atoms with Crippen molar-refractivity contribution >= 4 is 11.6 Å². The summed E-state index contributed by atoms with van der Waals surface area (Å²) < 4.78 is 1.99. The molecule has 13 heavy (non-hydrogen) atoms. The Morgan fingerprint density at radius 2 is 2.54 bits per heavy atom. The monoisotopic (exact) mass is 199 g/mol. The number of halogens is 1. The lowest BCUT2D eigenvalue weighted by Gasteiger charge is -2.23. The van der Waals surface area contributed by atoms with Crippen molar-refractivity contribution in [2.45, 2.75) is 31.8 Å². The van der Waals surface area contributed by atoms with Crippen molar-refractivity contribution in [2.24, 2.45) is 0 Å². The van der Waals surface area contributed by atoms with Gasteiger partial charge in [0, 0.05) is 25.0 Å². The van der Waals surface area contributed by atoms with Crippen LogP contribution in [0.2, 0.25) is 5.28 Å². The Morgan fingerprint density at radius 1 is 1.62 bits per heavy atom. The molecule has 0 bridgehead atoms. The molecule has 1 saturated heterocycles. The fraction of sp³-hybridized carbons (Fsp3) is 0.667. The highest BCUT2D eigenvalue weighted by atomic mass is 35.5. The SMILES string of the molecule is Clc1nccn1CC1CCCCN1. The molecule has 2 rings (SSSR count). The summed E-state index contributed by atoms with van der Waals surface area (Å²) in [5, 5.41) is 4.07. The molecule has 4 heteroatoms. The van der Waals surface area contributed by atoms with Crippen LogP contribution in [0.1, 0.15) is 19.3 Å². The third-order valence-electron chi connectivity index (χ3n) is 2.49. The summed E-state index contributed by atoms with van der Waals surface area (Å²) in [6.45, 7) is 2.08. The van der Waals surface area contributed by atoms with Crippen LogP contribution in [0.25, 0.3) is 0 Å². The van der Waals surface area contributed by atoms with Crippen molar-refractivity contribution in [3.8, 4) is 0 Å². The molecule has 0 spiro atoms. The van der Waals surface area contributed by atoms with Gasteiger partial charge in [0.25, 0.3) is 0 Å². The van der Waals surface area contributed by atoms with Crippen molar-refractivity contribution in [3.05, 3.63) is 17.7 Å². The Labute approximate surface area is 83.1 Å². The zero-order chi connectivity index (χ0) is 9.10. The fourth-order valence-corrected chi connectivity index (χ4v) is 1.95. The average Bonchev–Trinajstić information content (AvgIpc) is 2.54. The number of rotatable bonds is 2. The van der Waals surface area contributed by atoms with Gasteiger partial charge in [0.05, 0.1) is 0 Å². The smallest absolute Gasteiger partial charge is 0.202 e. The van der Waals surface area contributed by atoms with Crippen LogP contribution in [0, 0.1) is 0 Å². The molecular formula is C9H14ClN3. The molecule has 1 N–H and O–H groups in total. The molecule has 2 heterocycles. The summed E-state index contributed by atoms with van der Waals surface area (Å²) in [4.78, 5) is 3.98. The number of imidazole rings is 1. The van der Waals surface area contributed by atoms with E-state index >= 15 is 0 Å². The van der Waals surface area contributed by atoms with Crippen LogP contribution in [0.15, 0.2) is 12.4 Å². The second-order valence-corrected chi connectivity index (χ2v) is 3.83. The van der Waals surface area contributed by atoms with Crippen LogP contribution in [0.3, 0.4) is 0 Å². The largest absolute Gasteiger partial charge is 0.320 e. The molecule has 1 aromatic rings. The summed E-state index contributed by atoms with van der Waals surface area (Å²) in [6, 6.07) is 0.570. The molecule has 1 unspecified atom stereocenters. The van der Waals surface area contributed by atoms with Gasteiger partial charge in [0.2, 0.25) is 5.28 Å². The van der Waals surface area contributed by atoms with Gasteiger partial charge in [-0.25, -0.2) is 4.98 Å². The van der Waals surface area contributed by atoms with Crippen molar-refractivity contribution in [3.63, 3.8) is 0 Å². The Kier molecular flexibility index (Phi) is 2.86. The van der Waals surface area contributed by atoms with Crippen LogP contribution in [-0.4, -0.2) is 22.1 Å². The van der Waals surface area contributed by atoms with Gasteiger partial charge in [-0.3, -0.25) is 0 Å². The molecule has 1 aliphatic heterocycles. The van der Waals surface area contributed by atoms with Crippen molar-refractivity contribution in [1.29, 1.82) is 0 Å². The number of piperidine rings is 1. The molecule has 0 radical (unpaired) electrons. The molecule has 72 valence electrons. The zero-order valence-electron chi connectivity index (χ0n) is 7.54. The van der Waals surface area contributed by atoms with E-state index in [-0.39, 0.29) is 0 Å². The number of hydrogen-bond donors (Lipinski definition) is 1. The van der Waals surface area contributed by atoms with Gasteiger partial charge in [0.1, 0.15) is 0 Å². The van der Waals surface area contributed by atoms with Crippen LogP contribution in [0.4, 0.5) is 0 Å². The van der Waals surface area contributed by atoms with E-state index in [1.807, 2.05) is 10.8 Å². The number of nitrogens with one attached hydrogen (secondary N) is 1. The van der Waals surface area contributed by atoms with Gasteiger partial charge in [-0.15, -0.1) is 0 Å². The second kappa shape index (κ2) is 4.11. The average molecular weight is 200 g/mol. The van der Waals surface area contributed by atoms with Crippen LogP contribution in [-0.2, 0) is 6.54 Å². The van der Waals surface area contributed by atoms with E-state index in [1.54, 1.807) is 6.20 Å². The minimum atomic E-state index is 0.570. The lowest BCUT2D eigenvalue weighted by atomic mass is 10.1. The first-order valence-electron chi connectivity index (χ1n) is 4.76. The molecule has 1 aliphatic rings. The van der Waals surface area contributed by atoms with Gasteiger partial charge in [-0.1, -0.05) is 6.42 Å². The predicted molar refractivity (Wildman–Crippen MR) is 52.9 cm³/mol. The van der Waals surface area contributed by atoms with Crippen molar-refractivity contribution < 1.29 is 0 Å². The summed E-state index contributed by atoms with van der Waals surface area (Å²) in [5.41, 5.74) is 0. The van der Waals surface area contributed by atoms with Gasteiger partial charge in [-0.2, -0.15) is 0 Å². The number of hydrogen-bond acceptors (Lipinski definition) is 2. The molecule has 0 saturated carbocycles. The first-order chi connectivity index (χ1) is 6.36. The summed E-state index contributed by atoms with van der Waals surface area (Å²) in [7, 11) is 0. The standard InChI is InChI=1S/C9H14ClN3/c10-9-12-5-6-13(9)7-8-3-1-2-4-11-8/h5-6,8,11H,1-4,7H2. The molecule has 1 atom stereocenters. The molecule has 0 amide bonds. The van der Waals surface area contributed by atoms with E-state index < -0.39 is 0 Å². The summed E-state index contributed by atoms with van der Waals surface area (Å²) >= 11 is 5.88. The van der Waals surface area contributed by atoms with E-state index in [2.05, 4.69) is 10.3 Å². The Morgan fingerprint density at radius 3 is 3.15 bits per heavy atom. The maximum Gasteiger partial charge on any atom is 0.202 e. The highest BCUT2D eigenvalue weighted by Gasteiger charge is 2.13. The Bertz CT molecular complexity index is 266.